The van der Waals surface area contributed by atoms with E-state index >= 15 is 0 Å². The summed E-state index contributed by atoms with van der Waals surface area (Å²) in [4.78, 5) is 10.9. The van der Waals surface area contributed by atoms with Crippen molar-refractivity contribution in [3.8, 4) is 0 Å². The third-order valence-electron chi connectivity index (χ3n) is 1.65. The highest BCUT2D eigenvalue weighted by Gasteiger charge is 2.05. The predicted molar refractivity (Wildman–Crippen MR) is 43.5 cm³/mol. The van der Waals surface area contributed by atoms with Crippen LogP contribution in [-0.4, -0.2) is 16.2 Å². The fourth-order valence-corrected chi connectivity index (χ4v) is 0.983. The lowest BCUT2D eigenvalue weighted by atomic mass is 10.1. The molecular formula is C7H13N3O. The van der Waals surface area contributed by atoms with Crippen LogP contribution in [0.3, 0.4) is 0 Å². The lowest BCUT2D eigenvalue weighted by Gasteiger charge is -2.01. The molecule has 0 aromatic carbocycles. The molecule has 0 aliphatic heterocycles. The van der Waals surface area contributed by atoms with Gasteiger partial charge in [0.05, 0.1) is 0 Å². The molecule has 1 aromatic heterocycles. The highest BCUT2D eigenvalue weighted by molar-refractivity contribution is 5.14. The van der Waals surface area contributed by atoms with Crippen molar-refractivity contribution in [2.45, 2.75) is 26.3 Å². The third-order valence-corrected chi connectivity index (χ3v) is 1.65. The second-order valence-electron chi connectivity index (χ2n) is 2.86. The summed E-state index contributed by atoms with van der Waals surface area (Å²) in [6.45, 7) is 3.69. The summed E-state index contributed by atoms with van der Waals surface area (Å²) in [6, 6.07) is 0.0835. The first-order valence-electron chi connectivity index (χ1n) is 3.63. The lowest BCUT2D eigenvalue weighted by molar-refractivity contribution is 0.716. The van der Waals surface area contributed by atoms with E-state index in [4.69, 9.17) is 5.73 Å². The first-order chi connectivity index (χ1) is 5.11. The van der Waals surface area contributed by atoms with Gasteiger partial charge in [-0.1, -0.05) is 0 Å². The van der Waals surface area contributed by atoms with Crippen LogP contribution in [0.4, 0.5) is 0 Å². The SMILES string of the molecule is Cc1c(CC(C)N)[nH][nH]c1=O. The molecule has 1 unspecified atom stereocenters. The molecule has 62 valence electrons. The Morgan fingerprint density at radius 1 is 1.55 bits per heavy atom. The predicted octanol–water partition coefficient (Wildman–Crippen LogP) is -0.0989. The van der Waals surface area contributed by atoms with Gasteiger partial charge in [0.1, 0.15) is 0 Å². The van der Waals surface area contributed by atoms with E-state index in [0.717, 1.165) is 11.3 Å². The first-order valence-corrected chi connectivity index (χ1v) is 3.63. The number of nitrogens with one attached hydrogen (secondary N) is 2. The van der Waals surface area contributed by atoms with E-state index in [1.54, 1.807) is 6.92 Å². The van der Waals surface area contributed by atoms with Gasteiger partial charge in [0.15, 0.2) is 0 Å². The van der Waals surface area contributed by atoms with Gasteiger partial charge >= 0.3 is 0 Å². The quantitative estimate of drug-likeness (QED) is 0.558. The van der Waals surface area contributed by atoms with E-state index in [1.807, 2.05) is 6.92 Å². The Balaban J connectivity index is 2.87. The topological polar surface area (TPSA) is 74.7 Å². The molecule has 0 spiro atoms. The minimum atomic E-state index is -0.0550. The number of nitrogens with two attached hydrogens (primary N) is 1. The Bertz CT molecular complexity index is 284. The number of rotatable bonds is 2. The molecule has 0 fully saturated rings. The van der Waals surface area contributed by atoms with E-state index in [-0.39, 0.29) is 11.6 Å². The summed E-state index contributed by atoms with van der Waals surface area (Å²) >= 11 is 0. The van der Waals surface area contributed by atoms with Crippen LogP contribution < -0.4 is 11.3 Å². The molecular weight excluding hydrogens is 142 g/mol. The molecule has 0 amide bonds. The molecule has 1 aromatic rings. The maximum absolute atomic E-state index is 10.9. The van der Waals surface area contributed by atoms with Crippen molar-refractivity contribution >= 4 is 0 Å². The summed E-state index contributed by atoms with van der Waals surface area (Å²) < 4.78 is 0. The molecule has 0 aliphatic rings. The zero-order valence-electron chi connectivity index (χ0n) is 6.77. The van der Waals surface area contributed by atoms with Crippen LogP contribution in [0.1, 0.15) is 18.2 Å². The fraction of sp³-hybridized carbons (Fsp3) is 0.571. The van der Waals surface area contributed by atoms with Crippen LogP contribution in [0.15, 0.2) is 4.79 Å². The smallest absolute Gasteiger partial charge is 0.267 e. The molecule has 4 nitrogen and oxygen atoms in total. The largest absolute Gasteiger partial charge is 0.328 e. The molecule has 0 bridgehead atoms. The Kier molecular flexibility index (Phi) is 2.14. The van der Waals surface area contributed by atoms with Crippen molar-refractivity contribution in [3.63, 3.8) is 0 Å². The third kappa shape index (κ3) is 1.71. The molecule has 0 aliphatic carbocycles. The second kappa shape index (κ2) is 2.92. The molecule has 1 heterocycles. The van der Waals surface area contributed by atoms with Crippen molar-refractivity contribution in [1.82, 2.24) is 10.2 Å². The molecule has 0 saturated carbocycles. The van der Waals surface area contributed by atoms with Gasteiger partial charge in [-0.05, 0) is 13.8 Å². The Morgan fingerprint density at radius 3 is 2.55 bits per heavy atom. The minimum absolute atomic E-state index is 0.0550. The average molecular weight is 155 g/mol. The lowest BCUT2D eigenvalue weighted by Crippen LogP contribution is -2.18. The van der Waals surface area contributed by atoms with E-state index in [9.17, 15) is 4.79 Å². The summed E-state index contributed by atoms with van der Waals surface area (Å²) in [5, 5.41) is 5.29. The maximum atomic E-state index is 10.9. The molecule has 1 atom stereocenters. The van der Waals surface area contributed by atoms with Crippen molar-refractivity contribution in [2.75, 3.05) is 0 Å². The zero-order chi connectivity index (χ0) is 8.43. The molecule has 4 heteroatoms. The summed E-state index contributed by atoms with van der Waals surface area (Å²) in [5.41, 5.74) is 7.16. The van der Waals surface area contributed by atoms with E-state index in [1.165, 1.54) is 0 Å². The van der Waals surface area contributed by atoms with E-state index in [0.29, 0.717) is 6.42 Å². The summed E-state index contributed by atoms with van der Waals surface area (Å²) in [7, 11) is 0. The van der Waals surface area contributed by atoms with Crippen LogP contribution >= 0.6 is 0 Å². The van der Waals surface area contributed by atoms with Gasteiger partial charge < -0.3 is 10.8 Å². The summed E-state index contributed by atoms with van der Waals surface area (Å²) in [5.74, 6) is 0. The van der Waals surface area contributed by atoms with Crippen LogP contribution in [0.2, 0.25) is 0 Å². The van der Waals surface area contributed by atoms with Crippen LogP contribution in [0.25, 0.3) is 0 Å². The molecule has 0 radical (unpaired) electrons. The molecule has 11 heavy (non-hydrogen) atoms. The van der Waals surface area contributed by atoms with Gasteiger partial charge in [-0.25, -0.2) is 0 Å². The monoisotopic (exact) mass is 155 g/mol. The van der Waals surface area contributed by atoms with Crippen LogP contribution in [0, 0.1) is 6.92 Å². The Morgan fingerprint density at radius 2 is 2.18 bits per heavy atom. The van der Waals surface area contributed by atoms with Gasteiger partial charge in [-0.3, -0.25) is 9.89 Å². The second-order valence-corrected chi connectivity index (χ2v) is 2.86. The first kappa shape index (κ1) is 8.07. The van der Waals surface area contributed by atoms with Crippen molar-refractivity contribution in [1.29, 1.82) is 0 Å². The molecule has 1 rings (SSSR count). The molecule has 0 saturated heterocycles. The van der Waals surface area contributed by atoms with Gasteiger partial charge in [-0.15, -0.1) is 0 Å². The van der Waals surface area contributed by atoms with E-state index < -0.39 is 0 Å². The van der Waals surface area contributed by atoms with Gasteiger partial charge in [-0.2, -0.15) is 0 Å². The number of H-pyrrole nitrogens is 2. The average Bonchev–Trinajstić information content (AvgIpc) is 2.18. The van der Waals surface area contributed by atoms with Crippen molar-refractivity contribution in [2.24, 2.45) is 5.73 Å². The highest BCUT2D eigenvalue weighted by Crippen LogP contribution is 1.99. The van der Waals surface area contributed by atoms with E-state index in [2.05, 4.69) is 10.2 Å². The minimum Gasteiger partial charge on any atom is -0.328 e. The zero-order valence-corrected chi connectivity index (χ0v) is 6.77. The maximum Gasteiger partial charge on any atom is 0.267 e. The number of hydrogen-bond donors (Lipinski definition) is 3. The Labute approximate surface area is 64.8 Å². The van der Waals surface area contributed by atoms with Gasteiger partial charge in [0.25, 0.3) is 5.56 Å². The molecule has 4 N–H and O–H groups in total. The standard InChI is InChI=1S/C7H13N3O/c1-4(8)3-6-5(2)7(11)10-9-6/h4H,3,8H2,1-2H3,(H2,9,10,11). The number of aromatic nitrogens is 2. The van der Waals surface area contributed by atoms with Crippen molar-refractivity contribution in [3.05, 3.63) is 21.6 Å². The number of hydrogen-bond acceptors (Lipinski definition) is 2. The van der Waals surface area contributed by atoms with Crippen molar-refractivity contribution < 1.29 is 0 Å². The van der Waals surface area contributed by atoms with Gasteiger partial charge in [0.2, 0.25) is 0 Å². The van der Waals surface area contributed by atoms with Gasteiger partial charge in [0, 0.05) is 23.7 Å². The van der Waals surface area contributed by atoms with Crippen LogP contribution in [-0.2, 0) is 6.42 Å². The fourth-order valence-electron chi connectivity index (χ4n) is 0.983. The normalized spacial score (nSPS) is 13.4. The van der Waals surface area contributed by atoms with Crippen LogP contribution in [0.5, 0.6) is 0 Å². The number of aromatic amines is 2. The summed E-state index contributed by atoms with van der Waals surface area (Å²) in [6.07, 6.45) is 0.713. The highest BCUT2D eigenvalue weighted by atomic mass is 16.1. The Hall–Kier alpha value is -1.03.